The molecule has 2 heteroatoms. The van der Waals surface area contributed by atoms with Crippen LogP contribution in [-0.4, -0.2) is 13.1 Å². The van der Waals surface area contributed by atoms with Gasteiger partial charge in [-0.2, -0.15) is 0 Å². The first-order valence-electron chi connectivity index (χ1n) is 3.37. The number of nitrogens with one attached hydrogen (secondary N) is 1. The molecule has 1 nitrogen and oxygen atoms in total. The van der Waals surface area contributed by atoms with Gasteiger partial charge >= 0.3 is 0 Å². The van der Waals surface area contributed by atoms with Crippen LogP contribution in [-0.2, 0) is 0 Å². The first kappa shape index (κ1) is 9.73. The molecule has 0 fully saturated rings. The van der Waals surface area contributed by atoms with E-state index in [4.69, 9.17) is 11.6 Å². The van der Waals surface area contributed by atoms with Crippen LogP contribution in [0.15, 0.2) is 23.8 Å². The number of rotatable bonds is 5. The summed E-state index contributed by atoms with van der Waals surface area (Å²) in [6, 6.07) is 0. The Balaban J connectivity index is 3.20. The topological polar surface area (TPSA) is 12.0 Å². The lowest BCUT2D eigenvalue weighted by Gasteiger charge is -2.03. The maximum Gasteiger partial charge on any atom is 0.0310 e. The van der Waals surface area contributed by atoms with Gasteiger partial charge in [0, 0.05) is 18.1 Å². The summed E-state index contributed by atoms with van der Waals surface area (Å²) in [6.07, 6.45) is 1.02. The molecule has 0 radical (unpaired) electrons. The zero-order valence-corrected chi connectivity index (χ0v) is 7.17. The number of halogens is 1. The van der Waals surface area contributed by atoms with Crippen LogP contribution in [0.3, 0.4) is 0 Å². The molecule has 0 unspecified atom stereocenters. The Morgan fingerprint density at radius 3 is 2.40 bits per heavy atom. The molecule has 0 bridgehead atoms. The third-order valence-electron chi connectivity index (χ3n) is 1.19. The summed E-state index contributed by atoms with van der Waals surface area (Å²) in [4.78, 5) is 0. The van der Waals surface area contributed by atoms with Crippen LogP contribution in [0.4, 0.5) is 0 Å². The SMILES string of the molecule is C=C(Cl)CNCC(=C)CC. The third-order valence-corrected chi connectivity index (χ3v) is 1.33. The quantitative estimate of drug-likeness (QED) is 0.607. The predicted octanol–water partition coefficient (Wildman–Crippen LogP) is 2.29. The molecule has 0 atom stereocenters. The van der Waals surface area contributed by atoms with Gasteiger partial charge in [-0.1, -0.05) is 37.3 Å². The Bertz CT molecular complexity index is 129. The Labute approximate surface area is 67.8 Å². The molecule has 0 amide bonds. The van der Waals surface area contributed by atoms with Crippen LogP contribution in [0, 0.1) is 0 Å². The Morgan fingerprint density at radius 1 is 1.40 bits per heavy atom. The van der Waals surface area contributed by atoms with Gasteiger partial charge in [0.25, 0.3) is 0 Å². The molecule has 0 saturated carbocycles. The fourth-order valence-corrected chi connectivity index (χ4v) is 0.594. The average molecular weight is 160 g/mol. The van der Waals surface area contributed by atoms with Gasteiger partial charge in [0.1, 0.15) is 0 Å². The van der Waals surface area contributed by atoms with Crippen LogP contribution in [0.1, 0.15) is 13.3 Å². The largest absolute Gasteiger partial charge is 0.308 e. The lowest BCUT2D eigenvalue weighted by atomic mass is 10.2. The number of hydrogen-bond acceptors (Lipinski definition) is 1. The van der Waals surface area contributed by atoms with Crippen molar-refractivity contribution < 1.29 is 0 Å². The molecule has 58 valence electrons. The summed E-state index contributed by atoms with van der Waals surface area (Å²) in [6.45, 7) is 11.0. The van der Waals surface area contributed by atoms with E-state index in [1.807, 2.05) is 0 Å². The Morgan fingerprint density at radius 2 is 2.00 bits per heavy atom. The van der Waals surface area contributed by atoms with E-state index in [1.54, 1.807) is 0 Å². The normalized spacial score (nSPS) is 9.40. The van der Waals surface area contributed by atoms with Gasteiger partial charge in [0.05, 0.1) is 0 Å². The second-order valence-corrected chi connectivity index (χ2v) is 2.76. The van der Waals surface area contributed by atoms with Crippen molar-refractivity contribution in [3.8, 4) is 0 Å². The molecule has 0 aromatic carbocycles. The highest BCUT2D eigenvalue weighted by atomic mass is 35.5. The van der Waals surface area contributed by atoms with Crippen molar-refractivity contribution in [1.29, 1.82) is 0 Å². The van der Waals surface area contributed by atoms with Crippen LogP contribution in [0.25, 0.3) is 0 Å². The van der Waals surface area contributed by atoms with Crippen molar-refractivity contribution in [2.75, 3.05) is 13.1 Å². The van der Waals surface area contributed by atoms with E-state index in [0.29, 0.717) is 11.6 Å². The molecule has 0 aromatic heterocycles. The van der Waals surface area contributed by atoms with Gasteiger partial charge < -0.3 is 5.32 Å². The van der Waals surface area contributed by atoms with E-state index in [9.17, 15) is 0 Å². The van der Waals surface area contributed by atoms with Crippen molar-refractivity contribution in [3.63, 3.8) is 0 Å². The maximum absolute atomic E-state index is 5.52. The van der Waals surface area contributed by atoms with Crippen molar-refractivity contribution in [2.45, 2.75) is 13.3 Å². The molecule has 0 aliphatic rings. The van der Waals surface area contributed by atoms with Crippen LogP contribution >= 0.6 is 11.6 Å². The molecular formula is C8H14ClN. The zero-order chi connectivity index (χ0) is 7.98. The maximum atomic E-state index is 5.52. The molecular weight excluding hydrogens is 146 g/mol. The van der Waals surface area contributed by atoms with Gasteiger partial charge in [-0.3, -0.25) is 0 Å². The molecule has 1 N–H and O–H groups in total. The van der Waals surface area contributed by atoms with E-state index < -0.39 is 0 Å². The molecule has 0 rings (SSSR count). The zero-order valence-electron chi connectivity index (χ0n) is 6.41. The highest BCUT2D eigenvalue weighted by molar-refractivity contribution is 6.29. The van der Waals surface area contributed by atoms with E-state index in [2.05, 4.69) is 25.4 Å². The highest BCUT2D eigenvalue weighted by Gasteiger charge is 1.90. The minimum Gasteiger partial charge on any atom is -0.308 e. The average Bonchev–Trinajstić information content (AvgIpc) is 1.87. The van der Waals surface area contributed by atoms with Gasteiger partial charge in [-0.25, -0.2) is 0 Å². The molecule has 0 saturated heterocycles. The Hall–Kier alpha value is -0.270. The van der Waals surface area contributed by atoms with Crippen molar-refractivity contribution >= 4 is 11.6 Å². The molecule has 0 spiro atoms. The first-order chi connectivity index (χ1) is 4.66. The summed E-state index contributed by atoms with van der Waals surface area (Å²) in [5, 5.41) is 3.75. The smallest absolute Gasteiger partial charge is 0.0310 e. The number of hydrogen-bond donors (Lipinski definition) is 1. The third kappa shape index (κ3) is 5.86. The monoisotopic (exact) mass is 159 g/mol. The van der Waals surface area contributed by atoms with Crippen molar-refractivity contribution in [1.82, 2.24) is 5.32 Å². The summed E-state index contributed by atoms with van der Waals surface area (Å²) in [5.74, 6) is 0. The van der Waals surface area contributed by atoms with E-state index in [-0.39, 0.29) is 0 Å². The van der Waals surface area contributed by atoms with E-state index >= 15 is 0 Å². The molecule has 0 heterocycles. The Kier molecular flexibility index (Phi) is 5.36. The van der Waals surface area contributed by atoms with Crippen molar-refractivity contribution in [2.24, 2.45) is 0 Å². The van der Waals surface area contributed by atoms with Gasteiger partial charge in [-0.15, -0.1) is 0 Å². The van der Waals surface area contributed by atoms with E-state index in [1.165, 1.54) is 5.57 Å². The lowest BCUT2D eigenvalue weighted by Crippen LogP contribution is -2.17. The summed E-state index contributed by atoms with van der Waals surface area (Å²) in [5.41, 5.74) is 1.19. The first-order valence-corrected chi connectivity index (χ1v) is 3.75. The van der Waals surface area contributed by atoms with Gasteiger partial charge in [-0.05, 0) is 6.42 Å². The molecule has 0 aromatic rings. The minimum absolute atomic E-state index is 0.643. The fraction of sp³-hybridized carbons (Fsp3) is 0.500. The van der Waals surface area contributed by atoms with Crippen LogP contribution < -0.4 is 5.32 Å². The second-order valence-electron chi connectivity index (χ2n) is 2.22. The second kappa shape index (κ2) is 5.51. The summed E-state index contributed by atoms with van der Waals surface area (Å²) in [7, 11) is 0. The standard InChI is InChI=1S/C8H14ClN/c1-4-7(2)5-10-6-8(3)9/h10H,2-6H2,1H3. The molecule has 10 heavy (non-hydrogen) atoms. The van der Waals surface area contributed by atoms with Gasteiger partial charge in [0.15, 0.2) is 0 Å². The lowest BCUT2D eigenvalue weighted by molar-refractivity contribution is 0.789. The van der Waals surface area contributed by atoms with Crippen LogP contribution in [0.2, 0.25) is 0 Å². The summed E-state index contributed by atoms with van der Waals surface area (Å²) >= 11 is 5.52. The molecule has 0 aliphatic heterocycles. The van der Waals surface area contributed by atoms with E-state index in [0.717, 1.165) is 13.0 Å². The highest BCUT2D eigenvalue weighted by Crippen LogP contribution is 1.95. The summed E-state index contributed by atoms with van der Waals surface area (Å²) < 4.78 is 0. The fourth-order valence-electron chi connectivity index (χ4n) is 0.500. The minimum atomic E-state index is 0.643. The predicted molar refractivity (Wildman–Crippen MR) is 47.3 cm³/mol. The van der Waals surface area contributed by atoms with Gasteiger partial charge in [0.2, 0.25) is 0 Å². The van der Waals surface area contributed by atoms with Crippen molar-refractivity contribution in [3.05, 3.63) is 23.8 Å². The van der Waals surface area contributed by atoms with Crippen LogP contribution in [0.5, 0.6) is 0 Å². The molecule has 0 aliphatic carbocycles.